The highest BCUT2D eigenvalue weighted by molar-refractivity contribution is 5.47. The molecule has 0 radical (unpaired) electrons. The summed E-state index contributed by atoms with van der Waals surface area (Å²) in [4.78, 5) is 2.50. The molecule has 1 saturated heterocycles. The fraction of sp³-hybridized carbons (Fsp3) is 0.667. The van der Waals surface area contributed by atoms with E-state index in [1.54, 1.807) is 7.11 Å². The molecule has 0 aliphatic carbocycles. The van der Waals surface area contributed by atoms with E-state index in [9.17, 15) is 0 Å². The van der Waals surface area contributed by atoms with E-state index in [1.165, 1.54) is 43.6 Å². The van der Waals surface area contributed by atoms with Gasteiger partial charge in [-0.2, -0.15) is 0 Å². The van der Waals surface area contributed by atoms with Crippen molar-refractivity contribution < 1.29 is 4.74 Å². The maximum Gasteiger partial charge on any atom is 0.0618 e. The van der Waals surface area contributed by atoms with Crippen LogP contribution in [-0.4, -0.2) is 32.8 Å². The van der Waals surface area contributed by atoms with Crippen molar-refractivity contribution in [2.24, 2.45) is 5.92 Å². The molecule has 0 bridgehead atoms. The third kappa shape index (κ3) is 5.01. The van der Waals surface area contributed by atoms with E-state index >= 15 is 0 Å². The predicted molar refractivity (Wildman–Crippen MR) is 89.8 cm³/mol. The molecule has 2 rings (SSSR count). The number of benzene rings is 1. The zero-order valence-corrected chi connectivity index (χ0v) is 13.8. The molecule has 1 aliphatic heterocycles. The van der Waals surface area contributed by atoms with Crippen molar-refractivity contribution in [3.05, 3.63) is 29.8 Å². The number of anilines is 1. The Morgan fingerprint density at radius 3 is 2.33 bits per heavy atom. The van der Waals surface area contributed by atoms with Gasteiger partial charge in [0.1, 0.15) is 0 Å². The first-order valence-electron chi connectivity index (χ1n) is 8.27. The Morgan fingerprint density at radius 2 is 1.76 bits per heavy atom. The van der Waals surface area contributed by atoms with Crippen LogP contribution in [0.1, 0.15) is 38.7 Å². The lowest BCUT2D eigenvalue weighted by atomic mass is 10.0. The van der Waals surface area contributed by atoms with E-state index in [4.69, 9.17) is 4.74 Å². The molecule has 0 spiro atoms. The maximum absolute atomic E-state index is 5.28. The van der Waals surface area contributed by atoms with E-state index in [2.05, 4.69) is 48.3 Å². The lowest BCUT2D eigenvalue weighted by Gasteiger charge is -2.29. The first-order valence-corrected chi connectivity index (χ1v) is 8.27. The summed E-state index contributed by atoms with van der Waals surface area (Å²) in [5.41, 5.74) is 2.72. The average Bonchev–Trinajstić information content (AvgIpc) is 2.52. The Bertz CT molecular complexity index is 396. The molecule has 1 aromatic rings. The van der Waals surface area contributed by atoms with Crippen LogP contribution < -0.4 is 10.2 Å². The van der Waals surface area contributed by atoms with Crippen LogP contribution in [0.4, 0.5) is 5.69 Å². The van der Waals surface area contributed by atoms with Crippen LogP contribution in [0.25, 0.3) is 0 Å². The van der Waals surface area contributed by atoms with Gasteiger partial charge in [0.05, 0.1) is 6.61 Å². The molecule has 1 atom stereocenters. The standard InChI is InChI=1S/C18H30N2O/c1-15(2)18(14-21-3)19-13-16-7-9-17(10-8-16)20-11-5-4-6-12-20/h7-10,15,18-19H,4-6,11-14H2,1-3H3. The summed E-state index contributed by atoms with van der Waals surface area (Å²) in [6.45, 7) is 8.56. The highest BCUT2D eigenvalue weighted by Crippen LogP contribution is 2.20. The first kappa shape index (κ1) is 16.3. The minimum Gasteiger partial charge on any atom is -0.383 e. The SMILES string of the molecule is COCC(NCc1ccc(N2CCCCC2)cc1)C(C)C. The van der Waals surface area contributed by atoms with Gasteiger partial charge in [-0.25, -0.2) is 0 Å². The first-order chi connectivity index (χ1) is 10.2. The Labute approximate surface area is 129 Å². The summed E-state index contributed by atoms with van der Waals surface area (Å²) in [6, 6.07) is 9.45. The quantitative estimate of drug-likeness (QED) is 0.832. The molecule has 1 unspecified atom stereocenters. The minimum atomic E-state index is 0.414. The third-order valence-electron chi connectivity index (χ3n) is 4.38. The van der Waals surface area contributed by atoms with Crippen LogP contribution in [0.15, 0.2) is 24.3 Å². The molecule has 118 valence electrons. The fourth-order valence-corrected chi connectivity index (χ4v) is 2.89. The summed E-state index contributed by atoms with van der Waals surface area (Å²) in [6.07, 6.45) is 4.04. The zero-order valence-electron chi connectivity index (χ0n) is 13.8. The lowest BCUT2D eigenvalue weighted by molar-refractivity contribution is 0.146. The second-order valence-corrected chi connectivity index (χ2v) is 6.40. The number of methoxy groups -OCH3 is 1. The van der Waals surface area contributed by atoms with Crippen molar-refractivity contribution in [3.8, 4) is 0 Å². The number of piperidine rings is 1. The maximum atomic E-state index is 5.28. The van der Waals surface area contributed by atoms with Gasteiger partial charge in [0.25, 0.3) is 0 Å². The second kappa shape index (κ2) is 8.40. The monoisotopic (exact) mass is 290 g/mol. The average molecular weight is 290 g/mol. The molecular formula is C18H30N2O. The Kier molecular flexibility index (Phi) is 6.52. The highest BCUT2D eigenvalue weighted by Gasteiger charge is 2.13. The topological polar surface area (TPSA) is 24.5 Å². The van der Waals surface area contributed by atoms with Crippen molar-refractivity contribution in [3.63, 3.8) is 0 Å². The van der Waals surface area contributed by atoms with Gasteiger partial charge in [-0.05, 0) is 42.9 Å². The van der Waals surface area contributed by atoms with Gasteiger partial charge < -0.3 is 15.0 Å². The number of nitrogens with zero attached hydrogens (tertiary/aromatic N) is 1. The van der Waals surface area contributed by atoms with Gasteiger partial charge in [-0.1, -0.05) is 26.0 Å². The summed E-state index contributed by atoms with van der Waals surface area (Å²) in [5.74, 6) is 0.581. The van der Waals surface area contributed by atoms with Gasteiger partial charge >= 0.3 is 0 Å². The fourth-order valence-electron chi connectivity index (χ4n) is 2.89. The van der Waals surface area contributed by atoms with Crippen LogP contribution in [-0.2, 0) is 11.3 Å². The summed E-state index contributed by atoms with van der Waals surface area (Å²) in [7, 11) is 1.77. The molecule has 1 N–H and O–H groups in total. The molecule has 0 aromatic heterocycles. The number of ether oxygens (including phenoxy) is 1. The molecule has 21 heavy (non-hydrogen) atoms. The lowest BCUT2D eigenvalue weighted by Crippen LogP contribution is -2.37. The molecule has 1 fully saturated rings. The smallest absolute Gasteiger partial charge is 0.0618 e. The third-order valence-corrected chi connectivity index (χ3v) is 4.38. The summed E-state index contributed by atoms with van der Waals surface area (Å²) >= 11 is 0. The predicted octanol–water partition coefficient (Wildman–Crippen LogP) is 3.44. The zero-order chi connectivity index (χ0) is 15.1. The van der Waals surface area contributed by atoms with Gasteiger partial charge in [0.2, 0.25) is 0 Å². The van der Waals surface area contributed by atoms with E-state index in [1.807, 2.05) is 0 Å². The van der Waals surface area contributed by atoms with Gasteiger partial charge in [0.15, 0.2) is 0 Å². The molecule has 3 heteroatoms. The largest absolute Gasteiger partial charge is 0.383 e. The Morgan fingerprint density at radius 1 is 1.10 bits per heavy atom. The minimum absolute atomic E-state index is 0.414. The van der Waals surface area contributed by atoms with Crippen LogP contribution in [0, 0.1) is 5.92 Å². The van der Waals surface area contributed by atoms with Crippen molar-refractivity contribution in [2.45, 2.75) is 45.7 Å². The van der Waals surface area contributed by atoms with Crippen LogP contribution in [0.2, 0.25) is 0 Å². The van der Waals surface area contributed by atoms with Crippen LogP contribution >= 0.6 is 0 Å². The van der Waals surface area contributed by atoms with Gasteiger partial charge in [0, 0.05) is 38.5 Å². The highest BCUT2D eigenvalue weighted by atomic mass is 16.5. The second-order valence-electron chi connectivity index (χ2n) is 6.40. The van der Waals surface area contributed by atoms with E-state index in [0.717, 1.165) is 13.2 Å². The van der Waals surface area contributed by atoms with E-state index in [-0.39, 0.29) is 0 Å². The number of nitrogens with one attached hydrogen (secondary N) is 1. The molecular weight excluding hydrogens is 260 g/mol. The van der Waals surface area contributed by atoms with Crippen LogP contribution in [0.3, 0.4) is 0 Å². The Hall–Kier alpha value is -1.06. The van der Waals surface area contributed by atoms with Gasteiger partial charge in [-0.15, -0.1) is 0 Å². The molecule has 0 saturated carbocycles. The van der Waals surface area contributed by atoms with E-state index < -0.39 is 0 Å². The molecule has 1 aromatic carbocycles. The van der Waals surface area contributed by atoms with Crippen molar-refractivity contribution >= 4 is 5.69 Å². The molecule has 3 nitrogen and oxygen atoms in total. The van der Waals surface area contributed by atoms with Crippen molar-refractivity contribution in [1.82, 2.24) is 5.32 Å². The van der Waals surface area contributed by atoms with E-state index in [0.29, 0.717) is 12.0 Å². The van der Waals surface area contributed by atoms with Crippen molar-refractivity contribution in [1.29, 1.82) is 0 Å². The number of hydrogen-bond donors (Lipinski definition) is 1. The normalized spacial score (nSPS) is 17.2. The van der Waals surface area contributed by atoms with Gasteiger partial charge in [-0.3, -0.25) is 0 Å². The molecule has 1 heterocycles. The number of rotatable bonds is 7. The molecule has 1 aliphatic rings. The number of hydrogen-bond acceptors (Lipinski definition) is 3. The molecule has 0 amide bonds. The van der Waals surface area contributed by atoms with Crippen molar-refractivity contribution in [2.75, 3.05) is 31.7 Å². The van der Waals surface area contributed by atoms with Crippen LogP contribution in [0.5, 0.6) is 0 Å². The summed E-state index contributed by atoms with van der Waals surface area (Å²) in [5, 5.41) is 3.60. The Balaban J connectivity index is 1.86. The summed E-state index contributed by atoms with van der Waals surface area (Å²) < 4.78 is 5.28.